The number of ether oxygens (including phenoxy) is 2. The Bertz CT molecular complexity index is 660. The van der Waals surface area contributed by atoms with E-state index in [1.165, 1.54) is 0 Å². The highest BCUT2D eigenvalue weighted by atomic mass is 16.5. The van der Waals surface area contributed by atoms with Gasteiger partial charge < -0.3 is 14.4 Å². The second-order valence-electron chi connectivity index (χ2n) is 7.91. The van der Waals surface area contributed by atoms with Gasteiger partial charge in [0.25, 0.3) is 5.91 Å². The molecule has 0 saturated carbocycles. The van der Waals surface area contributed by atoms with Gasteiger partial charge in [0.1, 0.15) is 5.69 Å². The molecule has 1 unspecified atom stereocenters. The third-order valence-electron chi connectivity index (χ3n) is 6.59. The average Bonchev–Trinajstić information content (AvgIpc) is 3.00. The van der Waals surface area contributed by atoms with E-state index >= 15 is 0 Å². The number of amides is 1. The van der Waals surface area contributed by atoms with Crippen molar-refractivity contribution in [2.75, 3.05) is 40.0 Å². The Morgan fingerprint density at radius 3 is 2.58 bits per heavy atom. The molecule has 7 heteroatoms. The standard InChI is InChI=1S/C19H30N4O3/c1-14-12-16(21(2)20-14)18(24)22-8-4-15(5-9-22)23-13-17(25-3)19(23)6-10-26-11-7-19/h12,15,17H,4-11,13H2,1-3H3. The fourth-order valence-electron chi connectivity index (χ4n) is 5.10. The zero-order chi connectivity index (χ0) is 18.3. The van der Waals surface area contributed by atoms with Crippen LogP contribution in [0.3, 0.4) is 0 Å². The van der Waals surface area contributed by atoms with Crippen LogP contribution in [0.15, 0.2) is 6.07 Å². The Balaban J connectivity index is 1.39. The first-order valence-electron chi connectivity index (χ1n) is 9.72. The van der Waals surface area contributed by atoms with Crippen LogP contribution in [0, 0.1) is 6.92 Å². The Morgan fingerprint density at radius 2 is 2.00 bits per heavy atom. The number of hydrogen-bond donors (Lipinski definition) is 0. The molecule has 4 rings (SSSR count). The van der Waals surface area contributed by atoms with Gasteiger partial charge in [-0.2, -0.15) is 5.10 Å². The van der Waals surface area contributed by atoms with Gasteiger partial charge in [0.2, 0.25) is 0 Å². The molecular formula is C19H30N4O3. The first-order valence-corrected chi connectivity index (χ1v) is 9.72. The number of methoxy groups -OCH3 is 1. The molecule has 1 aromatic heterocycles. The van der Waals surface area contributed by atoms with Crippen LogP contribution in [0.25, 0.3) is 0 Å². The van der Waals surface area contributed by atoms with E-state index in [0.717, 1.165) is 64.2 Å². The largest absolute Gasteiger partial charge is 0.381 e. The molecule has 3 fully saturated rings. The van der Waals surface area contributed by atoms with Gasteiger partial charge in [-0.1, -0.05) is 0 Å². The van der Waals surface area contributed by atoms with Crippen molar-refractivity contribution in [1.29, 1.82) is 0 Å². The molecule has 3 saturated heterocycles. The van der Waals surface area contributed by atoms with Crippen molar-refractivity contribution < 1.29 is 14.3 Å². The van der Waals surface area contributed by atoms with E-state index in [0.29, 0.717) is 17.8 Å². The number of nitrogens with zero attached hydrogens (tertiary/aromatic N) is 4. The van der Waals surface area contributed by atoms with E-state index < -0.39 is 0 Å². The number of aromatic nitrogens is 2. The molecule has 0 bridgehead atoms. The number of likely N-dealkylation sites (tertiary alicyclic amines) is 2. The van der Waals surface area contributed by atoms with Crippen LogP contribution in [0.5, 0.6) is 0 Å². The molecule has 1 amide bonds. The van der Waals surface area contributed by atoms with Gasteiger partial charge in [0.05, 0.1) is 17.3 Å². The zero-order valence-electron chi connectivity index (χ0n) is 16.1. The van der Waals surface area contributed by atoms with Gasteiger partial charge in [-0.05, 0) is 38.7 Å². The van der Waals surface area contributed by atoms with Gasteiger partial charge in [0.15, 0.2) is 0 Å². The Morgan fingerprint density at radius 1 is 1.31 bits per heavy atom. The normalized spacial score (nSPS) is 26.9. The van der Waals surface area contributed by atoms with Crippen LogP contribution in [-0.4, -0.2) is 83.1 Å². The van der Waals surface area contributed by atoms with Gasteiger partial charge in [-0.3, -0.25) is 14.4 Å². The van der Waals surface area contributed by atoms with Crippen molar-refractivity contribution in [3.8, 4) is 0 Å². The lowest BCUT2D eigenvalue weighted by atomic mass is 9.73. The van der Waals surface area contributed by atoms with E-state index in [-0.39, 0.29) is 11.4 Å². The number of aryl methyl sites for hydroxylation is 2. The fourth-order valence-corrected chi connectivity index (χ4v) is 5.10. The summed E-state index contributed by atoms with van der Waals surface area (Å²) in [6.45, 7) is 6.21. The van der Waals surface area contributed by atoms with E-state index in [2.05, 4.69) is 10.00 Å². The minimum Gasteiger partial charge on any atom is -0.381 e. The molecule has 1 aromatic rings. The minimum absolute atomic E-state index is 0.103. The smallest absolute Gasteiger partial charge is 0.272 e. The van der Waals surface area contributed by atoms with Gasteiger partial charge in [-0.25, -0.2) is 0 Å². The highest BCUT2D eigenvalue weighted by Crippen LogP contribution is 2.44. The fraction of sp³-hybridized carbons (Fsp3) is 0.789. The molecule has 144 valence electrons. The zero-order valence-corrected chi connectivity index (χ0v) is 16.1. The van der Waals surface area contributed by atoms with Crippen LogP contribution in [0.1, 0.15) is 41.9 Å². The Labute approximate surface area is 155 Å². The third kappa shape index (κ3) is 2.86. The number of rotatable bonds is 3. The maximum Gasteiger partial charge on any atom is 0.272 e. The second kappa shape index (κ2) is 6.94. The summed E-state index contributed by atoms with van der Waals surface area (Å²) in [5.74, 6) is 0.103. The monoisotopic (exact) mass is 362 g/mol. The third-order valence-corrected chi connectivity index (χ3v) is 6.59. The van der Waals surface area contributed by atoms with Crippen molar-refractivity contribution in [2.45, 2.75) is 50.3 Å². The van der Waals surface area contributed by atoms with Crippen molar-refractivity contribution in [3.05, 3.63) is 17.5 Å². The molecule has 26 heavy (non-hydrogen) atoms. The number of hydrogen-bond acceptors (Lipinski definition) is 5. The first kappa shape index (κ1) is 17.9. The topological polar surface area (TPSA) is 59.8 Å². The molecule has 1 spiro atoms. The van der Waals surface area contributed by atoms with E-state index in [9.17, 15) is 4.79 Å². The Hall–Kier alpha value is -1.44. The number of carbonyl (C=O) groups excluding carboxylic acids is 1. The lowest BCUT2D eigenvalue weighted by Crippen LogP contribution is -2.75. The highest BCUT2D eigenvalue weighted by Gasteiger charge is 2.56. The molecule has 0 N–H and O–H groups in total. The number of piperidine rings is 1. The van der Waals surface area contributed by atoms with E-state index in [4.69, 9.17) is 9.47 Å². The van der Waals surface area contributed by atoms with Gasteiger partial charge >= 0.3 is 0 Å². The molecular weight excluding hydrogens is 332 g/mol. The summed E-state index contributed by atoms with van der Waals surface area (Å²) < 4.78 is 13.1. The molecule has 1 atom stereocenters. The molecule has 3 aliphatic heterocycles. The minimum atomic E-state index is 0.103. The van der Waals surface area contributed by atoms with Crippen molar-refractivity contribution in [2.24, 2.45) is 7.05 Å². The van der Waals surface area contributed by atoms with Crippen LogP contribution >= 0.6 is 0 Å². The van der Waals surface area contributed by atoms with Crippen molar-refractivity contribution >= 4 is 5.91 Å². The van der Waals surface area contributed by atoms with E-state index in [1.807, 2.05) is 32.0 Å². The molecule has 0 aromatic carbocycles. The molecule has 4 heterocycles. The lowest BCUT2D eigenvalue weighted by molar-refractivity contribution is -0.207. The van der Waals surface area contributed by atoms with Crippen molar-refractivity contribution in [1.82, 2.24) is 19.6 Å². The molecule has 0 aliphatic carbocycles. The quantitative estimate of drug-likeness (QED) is 0.809. The summed E-state index contributed by atoms with van der Waals surface area (Å²) in [6, 6.07) is 2.42. The van der Waals surface area contributed by atoms with Crippen LogP contribution in [-0.2, 0) is 16.5 Å². The van der Waals surface area contributed by atoms with Crippen LogP contribution in [0.4, 0.5) is 0 Å². The lowest BCUT2D eigenvalue weighted by Gasteiger charge is -2.63. The molecule has 0 radical (unpaired) electrons. The highest BCUT2D eigenvalue weighted by molar-refractivity contribution is 5.92. The van der Waals surface area contributed by atoms with Crippen LogP contribution in [0.2, 0.25) is 0 Å². The molecule has 3 aliphatic rings. The average molecular weight is 362 g/mol. The van der Waals surface area contributed by atoms with Gasteiger partial charge in [0, 0.05) is 53.0 Å². The predicted molar refractivity (Wildman–Crippen MR) is 97.2 cm³/mol. The summed E-state index contributed by atoms with van der Waals surface area (Å²) >= 11 is 0. The van der Waals surface area contributed by atoms with E-state index in [1.54, 1.807) is 4.68 Å². The maximum atomic E-state index is 12.8. The SMILES string of the molecule is COC1CN(C2CCN(C(=O)c3cc(C)nn3C)CC2)C12CCOCC2. The van der Waals surface area contributed by atoms with Crippen molar-refractivity contribution in [3.63, 3.8) is 0 Å². The van der Waals surface area contributed by atoms with Crippen LogP contribution < -0.4 is 0 Å². The number of carbonyl (C=O) groups is 1. The second-order valence-corrected chi connectivity index (χ2v) is 7.91. The summed E-state index contributed by atoms with van der Waals surface area (Å²) in [6.07, 6.45) is 4.49. The molecule has 7 nitrogen and oxygen atoms in total. The maximum absolute atomic E-state index is 12.8. The van der Waals surface area contributed by atoms with Gasteiger partial charge in [-0.15, -0.1) is 0 Å². The first-order chi connectivity index (χ1) is 12.5. The Kier molecular flexibility index (Phi) is 4.79. The summed E-state index contributed by atoms with van der Waals surface area (Å²) in [5.41, 5.74) is 1.73. The summed E-state index contributed by atoms with van der Waals surface area (Å²) in [4.78, 5) is 17.4. The predicted octanol–water partition coefficient (Wildman–Crippen LogP) is 1.21. The summed E-state index contributed by atoms with van der Waals surface area (Å²) in [7, 11) is 3.67. The summed E-state index contributed by atoms with van der Waals surface area (Å²) in [5, 5.41) is 4.30.